The van der Waals surface area contributed by atoms with Gasteiger partial charge in [0.15, 0.2) is 0 Å². The second kappa shape index (κ2) is 7.13. The van der Waals surface area contributed by atoms with Crippen LogP contribution in [0.4, 0.5) is 0 Å². The van der Waals surface area contributed by atoms with Crippen molar-refractivity contribution in [3.63, 3.8) is 0 Å². The van der Waals surface area contributed by atoms with Crippen LogP contribution in [0.15, 0.2) is 53.1 Å². The van der Waals surface area contributed by atoms with E-state index in [4.69, 9.17) is 9.25 Å². The monoisotopic (exact) mass is 365 g/mol. The van der Waals surface area contributed by atoms with Gasteiger partial charge >= 0.3 is 0 Å². The van der Waals surface area contributed by atoms with Gasteiger partial charge in [0.05, 0.1) is 24.5 Å². The van der Waals surface area contributed by atoms with Crippen LogP contribution in [-0.4, -0.2) is 27.4 Å². The number of aryl methyl sites for hydroxylation is 3. The van der Waals surface area contributed by atoms with E-state index in [1.54, 1.807) is 6.26 Å². The van der Waals surface area contributed by atoms with Crippen LogP contribution in [0.5, 0.6) is 0 Å². The second-order valence-corrected chi connectivity index (χ2v) is 7.05. The summed E-state index contributed by atoms with van der Waals surface area (Å²) in [4.78, 5) is 19.2. The molecule has 0 radical (unpaired) electrons. The quantitative estimate of drug-likeness (QED) is 0.703. The minimum Gasteiger partial charge on any atom is -0.467 e. The number of furan rings is 1. The summed E-state index contributed by atoms with van der Waals surface area (Å²) in [6.07, 6.45) is 1.66. The van der Waals surface area contributed by atoms with Gasteiger partial charge in [0.25, 0.3) is 5.91 Å². The van der Waals surface area contributed by atoms with E-state index in [1.165, 1.54) is 4.68 Å². The Morgan fingerprint density at radius 2 is 1.96 bits per heavy atom. The summed E-state index contributed by atoms with van der Waals surface area (Å²) in [5, 5.41) is 6.22. The molecule has 0 N–H and O–H groups in total. The van der Waals surface area contributed by atoms with E-state index in [0.29, 0.717) is 13.2 Å². The van der Waals surface area contributed by atoms with Crippen molar-refractivity contribution in [2.75, 3.05) is 6.61 Å². The van der Waals surface area contributed by atoms with Crippen LogP contribution in [0.25, 0.3) is 0 Å². The Bertz CT molecular complexity index is 945. The molecule has 1 aliphatic heterocycles. The first kappa shape index (κ1) is 17.7. The molecule has 0 amide bonds. The molecule has 3 aromatic rings. The molecule has 0 bridgehead atoms. The van der Waals surface area contributed by atoms with Gasteiger partial charge in [-0.3, -0.25) is 9.63 Å². The maximum absolute atomic E-state index is 13.2. The third-order valence-corrected chi connectivity index (χ3v) is 5.00. The summed E-state index contributed by atoms with van der Waals surface area (Å²) in [5.41, 5.74) is 3.78. The predicted molar refractivity (Wildman–Crippen MR) is 99.9 cm³/mol. The third-order valence-electron chi connectivity index (χ3n) is 5.00. The zero-order valence-electron chi connectivity index (χ0n) is 15.8. The van der Waals surface area contributed by atoms with E-state index < -0.39 is 5.92 Å². The Balaban J connectivity index is 1.68. The van der Waals surface area contributed by atoms with Gasteiger partial charge < -0.3 is 4.42 Å². The fraction of sp³-hybridized carbons (Fsp3) is 0.333. The highest BCUT2D eigenvalue weighted by molar-refractivity contribution is 5.82. The molecule has 0 saturated carbocycles. The van der Waals surface area contributed by atoms with Gasteiger partial charge in [-0.05, 0) is 44.0 Å². The van der Waals surface area contributed by atoms with Crippen molar-refractivity contribution in [3.8, 4) is 0 Å². The summed E-state index contributed by atoms with van der Waals surface area (Å²) < 4.78 is 7.25. The number of hydrogen-bond acceptors (Lipinski definition) is 5. The smallest absolute Gasteiger partial charge is 0.254 e. The molecule has 27 heavy (non-hydrogen) atoms. The molecular formula is C21H23N3O3. The number of carbonyl (C=O) groups excluding carboxylic acids is 1. The SMILES string of the molecule is Cc1cc(C)n(C(=O)[C@H]2CON(Cc3ccccc3)[C@@H]2c2occc2C)n1. The van der Waals surface area contributed by atoms with E-state index in [1.807, 2.05) is 68.3 Å². The Morgan fingerprint density at radius 1 is 1.19 bits per heavy atom. The van der Waals surface area contributed by atoms with E-state index in [0.717, 1.165) is 28.3 Å². The summed E-state index contributed by atoms with van der Waals surface area (Å²) >= 11 is 0. The maximum Gasteiger partial charge on any atom is 0.254 e. The average Bonchev–Trinajstić information content (AvgIpc) is 3.34. The first-order chi connectivity index (χ1) is 13.0. The van der Waals surface area contributed by atoms with E-state index in [-0.39, 0.29) is 11.9 Å². The largest absolute Gasteiger partial charge is 0.467 e. The molecule has 4 rings (SSSR count). The van der Waals surface area contributed by atoms with Crippen molar-refractivity contribution in [3.05, 3.63) is 77.0 Å². The van der Waals surface area contributed by atoms with Gasteiger partial charge in [-0.1, -0.05) is 30.3 Å². The number of rotatable bonds is 4. The molecular weight excluding hydrogens is 342 g/mol. The average molecular weight is 365 g/mol. The second-order valence-electron chi connectivity index (χ2n) is 7.05. The molecule has 2 atom stereocenters. The van der Waals surface area contributed by atoms with E-state index >= 15 is 0 Å². The van der Waals surface area contributed by atoms with Crippen LogP contribution in [0.3, 0.4) is 0 Å². The molecule has 0 spiro atoms. The highest BCUT2D eigenvalue weighted by atomic mass is 16.7. The van der Waals surface area contributed by atoms with Crippen molar-refractivity contribution in [1.82, 2.24) is 14.8 Å². The van der Waals surface area contributed by atoms with E-state index in [2.05, 4.69) is 5.10 Å². The fourth-order valence-electron chi connectivity index (χ4n) is 3.67. The molecule has 3 heterocycles. The van der Waals surface area contributed by atoms with Crippen molar-refractivity contribution in [1.29, 1.82) is 0 Å². The zero-order valence-corrected chi connectivity index (χ0v) is 15.8. The molecule has 2 aromatic heterocycles. The third kappa shape index (κ3) is 3.34. The first-order valence-corrected chi connectivity index (χ1v) is 9.09. The standard InChI is InChI=1S/C21H23N3O3/c1-14-9-10-26-20(14)19-18(21(25)24-16(3)11-15(2)22-24)13-27-23(19)12-17-7-5-4-6-8-17/h4-11,18-19H,12-13H2,1-3H3/t18-,19-/m0/s1. The van der Waals surface area contributed by atoms with E-state index in [9.17, 15) is 4.79 Å². The van der Waals surface area contributed by atoms with Crippen molar-refractivity contribution in [2.45, 2.75) is 33.4 Å². The molecule has 1 saturated heterocycles. The van der Waals surface area contributed by atoms with Crippen LogP contribution >= 0.6 is 0 Å². The molecule has 0 unspecified atom stereocenters. The molecule has 140 valence electrons. The number of aromatic nitrogens is 2. The highest BCUT2D eigenvalue weighted by Crippen LogP contribution is 2.39. The van der Waals surface area contributed by atoms with Gasteiger partial charge in [-0.25, -0.2) is 4.68 Å². The summed E-state index contributed by atoms with van der Waals surface area (Å²) in [7, 11) is 0. The molecule has 1 aromatic carbocycles. The van der Waals surface area contributed by atoms with Gasteiger partial charge in [-0.15, -0.1) is 0 Å². The number of hydrogen-bond donors (Lipinski definition) is 0. The molecule has 0 aliphatic carbocycles. The van der Waals surface area contributed by atoms with Crippen molar-refractivity contribution < 1.29 is 14.0 Å². The van der Waals surface area contributed by atoms with Crippen LogP contribution in [0, 0.1) is 26.7 Å². The summed E-state index contributed by atoms with van der Waals surface area (Å²) in [5.74, 6) is 0.303. The van der Waals surface area contributed by atoms with Crippen LogP contribution < -0.4 is 0 Å². The fourth-order valence-corrected chi connectivity index (χ4v) is 3.67. The van der Waals surface area contributed by atoms with Crippen molar-refractivity contribution in [2.24, 2.45) is 5.92 Å². The maximum atomic E-state index is 13.2. The van der Waals surface area contributed by atoms with Crippen molar-refractivity contribution >= 4 is 5.91 Å². The van der Waals surface area contributed by atoms with Crippen LogP contribution in [0.2, 0.25) is 0 Å². The minimum absolute atomic E-state index is 0.0723. The topological polar surface area (TPSA) is 60.5 Å². The lowest BCUT2D eigenvalue weighted by Crippen LogP contribution is -2.32. The summed E-state index contributed by atoms with van der Waals surface area (Å²) in [6, 6.07) is 13.6. The highest BCUT2D eigenvalue weighted by Gasteiger charge is 2.44. The first-order valence-electron chi connectivity index (χ1n) is 9.09. The predicted octanol–water partition coefficient (Wildman–Crippen LogP) is 3.85. The lowest BCUT2D eigenvalue weighted by atomic mass is 9.96. The minimum atomic E-state index is -0.392. The lowest BCUT2D eigenvalue weighted by Gasteiger charge is -2.24. The van der Waals surface area contributed by atoms with Gasteiger partial charge in [-0.2, -0.15) is 10.2 Å². The zero-order chi connectivity index (χ0) is 19.0. The van der Waals surface area contributed by atoms with Gasteiger partial charge in [0.1, 0.15) is 11.8 Å². The van der Waals surface area contributed by atoms with Crippen LogP contribution in [0.1, 0.15) is 39.1 Å². The lowest BCUT2D eigenvalue weighted by molar-refractivity contribution is -0.144. The molecule has 6 nitrogen and oxygen atoms in total. The van der Waals surface area contributed by atoms with Gasteiger partial charge in [0.2, 0.25) is 0 Å². The van der Waals surface area contributed by atoms with Gasteiger partial charge in [0, 0.05) is 12.2 Å². The number of benzene rings is 1. The Labute approximate surface area is 158 Å². The Morgan fingerprint density at radius 3 is 2.59 bits per heavy atom. The molecule has 1 fully saturated rings. The summed E-state index contributed by atoms with van der Waals surface area (Å²) in [6.45, 7) is 6.64. The Hall–Kier alpha value is -2.70. The molecule has 1 aliphatic rings. The number of hydroxylamine groups is 2. The normalized spacial score (nSPS) is 20.3. The number of nitrogens with zero attached hydrogens (tertiary/aromatic N) is 3. The Kier molecular flexibility index (Phi) is 4.68. The molecule has 6 heteroatoms. The number of carbonyl (C=O) groups is 1. The van der Waals surface area contributed by atoms with Crippen LogP contribution in [-0.2, 0) is 11.4 Å².